The highest BCUT2D eigenvalue weighted by Gasteiger charge is 2.10. The van der Waals surface area contributed by atoms with E-state index in [4.69, 9.17) is 18.0 Å². The van der Waals surface area contributed by atoms with Crippen LogP contribution < -0.4 is 0 Å². The van der Waals surface area contributed by atoms with Gasteiger partial charge in [-0.1, -0.05) is 11.6 Å². The Morgan fingerprint density at radius 3 is 2.67 bits per heavy atom. The number of hydrogen-bond acceptors (Lipinski definition) is 0. The molecule has 0 atom stereocenters. The first-order valence-electron chi connectivity index (χ1n) is 3.22. The predicted molar refractivity (Wildman–Crippen MR) is 43.9 cm³/mol. The van der Waals surface area contributed by atoms with Crippen molar-refractivity contribution in [2.45, 2.75) is 6.42 Å². The van der Waals surface area contributed by atoms with Crippen LogP contribution in [0.1, 0.15) is 5.56 Å². The molecular formula is C9H5ClF2. The molecule has 0 N–H and O–H groups in total. The fourth-order valence-electron chi connectivity index (χ4n) is 0.833. The lowest BCUT2D eigenvalue weighted by atomic mass is 10.1. The van der Waals surface area contributed by atoms with Crippen LogP contribution in [0.4, 0.5) is 8.78 Å². The summed E-state index contributed by atoms with van der Waals surface area (Å²) in [5.41, 5.74) is -0.148. The van der Waals surface area contributed by atoms with E-state index in [2.05, 4.69) is 5.92 Å². The zero-order valence-electron chi connectivity index (χ0n) is 6.07. The lowest BCUT2D eigenvalue weighted by Crippen LogP contribution is -1.94. The molecule has 0 aliphatic heterocycles. The summed E-state index contributed by atoms with van der Waals surface area (Å²) in [5.74, 6) is 0.728. The average Bonchev–Trinajstić information content (AvgIpc) is 2.06. The SMILES string of the molecule is C#CCc1c(F)ccc(Cl)c1F. The monoisotopic (exact) mass is 186 g/mol. The van der Waals surface area contributed by atoms with Gasteiger partial charge in [0.05, 0.1) is 5.02 Å². The molecule has 0 aromatic heterocycles. The highest BCUT2D eigenvalue weighted by Crippen LogP contribution is 2.20. The fourth-order valence-corrected chi connectivity index (χ4v) is 1.01. The second kappa shape index (κ2) is 3.55. The Morgan fingerprint density at radius 1 is 1.42 bits per heavy atom. The molecule has 1 aromatic rings. The minimum atomic E-state index is -0.769. The van der Waals surface area contributed by atoms with E-state index in [1.54, 1.807) is 0 Å². The average molecular weight is 187 g/mol. The third kappa shape index (κ3) is 1.57. The smallest absolute Gasteiger partial charge is 0.148 e. The second-order valence-electron chi connectivity index (χ2n) is 2.20. The van der Waals surface area contributed by atoms with Crippen LogP contribution in [0.25, 0.3) is 0 Å². The van der Waals surface area contributed by atoms with E-state index in [1.165, 1.54) is 0 Å². The number of terminal acetylenes is 1. The Bertz CT molecular complexity index is 339. The molecule has 0 saturated heterocycles. The van der Waals surface area contributed by atoms with Gasteiger partial charge >= 0.3 is 0 Å². The van der Waals surface area contributed by atoms with Crippen LogP contribution in [0.15, 0.2) is 12.1 Å². The van der Waals surface area contributed by atoms with E-state index in [1.807, 2.05) is 0 Å². The van der Waals surface area contributed by atoms with E-state index >= 15 is 0 Å². The summed E-state index contributed by atoms with van der Waals surface area (Å²) >= 11 is 5.41. The standard InChI is InChI=1S/C9H5ClF2/c1-2-3-6-8(11)5-4-7(10)9(6)12/h1,4-5H,3H2. The normalized spacial score (nSPS) is 9.50. The topological polar surface area (TPSA) is 0 Å². The molecular weight excluding hydrogens is 182 g/mol. The van der Waals surface area contributed by atoms with Gasteiger partial charge in [0.1, 0.15) is 11.6 Å². The molecule has 0 aliphatic carbocycles. The first-order valence-corrected chi connectivity index (χ1v) is 3.60. The quantitative estimate of drug-likeness (QED) is 0.467. The van der Waals surface area contributed by atoms with E-state index in [0.29, 0.717) is 0 Å². The summed E-state index contributed by atoms with van der Waals surface area (Å²) in [6.45, 7) is 0. The molecule has 0 saturated carbocycles. The summed E-state index contributed by atoms with van der Waals surface area (Å²) in [7, 11) is 0. The van der Waals surface area contributed by atoms with Crippen molar-refractivity contribution in [3.05, 3.63) is 34.4 Å². The molecule has 12 heavy (non-hydrogen) atoms. The zero-order valence-corrected chi connectivity index (χ0v) is 6.83. The molecule has 3 heteroatoms. The van der Waals surface area contributed by atoms with Crippen molar-refractivity contribution < 1.29 is 8.78 Å². The summed E-state index contributed by atoms with van der Waals surface area (Å²) in [4.78, 5) is 0. The minimum Gasteiger partial charge on any atom is -0.207 e. The Hall–Kier alpha value is -1.07. The summed E-state index contributed by atoms with van der Waals surface area (Å²) in [6, 6.07) is 2.25. The molecule has 62 valence electrons. The van der Waals surface area contributed by atoms with Crippen LogP contribution in [0.3, 0.4) is 0 Å². The zero-order chi connectivity index (χ0) is 9.14. The lowest BCUT2D eigenvalue weighted by Gasteiger charge is -2.01. The first kappa shape index (κ1) is 9.02. The van der Waals surface area contributed by atoms with Crippen molar-refractivity contribution in [3.63, 3.8) is 0 Å². The highest BCUT2D eigenvalue weighted by atomic mass is 35.5. The molecule has 0 fully saturated rings. The number of benzene rings is 1. The van der Waals surface area contributed by atoms with Gasteiger partial charge in [-0.3, -0.25) is 0 Å². The van der Waals surface area contributed by atoms with Gasteiger partial charge in [-0.25, -0.2) is 8.78 Å². The number of hydrogen-bond donors (Lipinski definition) is 0. The molecule has 0 amide bonds. The molecule has 0 bridgehead atoms. The van der Waals surface area contributed by atoms with Crippen LogP contribution >= 0.6 is 11.6 Å². The van der Waals surface area contributed by atoms with Crippen LogP contribution in [0.5, 0.6) is 0 Å². The van der Waals surface area contributed by atoms with Crippen molar-refractivity contribution in [2.75, 3.05) is 0 Å². The molecule has 0 radical (unpaired) electrons. The number of halogens is 3. The molecule has 1 rings (SSSR count). The predicted octanol–water partition coefficient (Wildman–Crippen LogP) is 2.79. The van der Waals surface area contributed by atoms with Gasteiger partial charge in [0.2, 0.25) is 0 Å². The van der Waals surface area contributed by atoms with Crippen molar-refractivity contribution in [1.82, 2.24) is 0 Å². The molecule has 0 nitrogen and oxygen atoms in total. The largest absolute Gasteiger partial charge is 0.207 e. The van der Waals surface area contributed by atoms with E-state index in [0.717, 1.165) is 12.1 Å². The van der Waals surface area contributed by atoms with Crippen LogP contribution in [0.2, 0.25) is 5.02 Å². The third-order valence-corrected chi connectivity index (χ3v) is 1.71. The van der Waals surface area contributed by atoms with Gasteiger partial charge in [-0.2, -0.15) is 0 Å². The van der Waals surface area contributed by atoms with Gasteiger partial charge in [-0.15, -0.1) is 12.3 Å². The van der Waals surface area contributed by atoms with E-state index in [-0.39, 0.29) is 17.0 Å². The maximum Gasteiger partial charge on any atom is 0.148 e. The van der Waals surface area contributed by atoms with Crippen molar-refractivity contribution in [1.29, 1.82) is 0 Å². The van der Waals surface area contributed by atoms with Gasteiger partial charge in [0.15, 0.2) is 0 Å². The van der Waals surface area contributed by atoms with Crippen LogP contribution in [0, 0.1) is 24.0 Å². The Kier molecular flexibility index (Phi) is 2.67. The van der Waals surface area contributed by atoms with Crippen LogP contribution in [-0.4, -0.2) is 0 Å². The summed E-state index contributed by atoms with van der Waals surface area (Å²) < 4.78 is 25.8. The van der Waals surface area contributed by atoms with E-state index in [9.17, 15) is 8.78 Å². The lowest BCUT2D eigenvalue weighted by molar-refractivity contribution is 0.564. The summed E-state index contributed by atoms with van der Waals surface area (Å²) in [6.07, 6.45) is 4.84. The molecule has 0 aliphatic rings. The Morgan fingerprint density at radius 2 is 2.08 bits per heavy atom. The fraction of sp³-hybridized carbons (Fsp3) is 0.111. The molecule has 1 aromatic carbocycles. The second-order valence-corrected chi connectivity index (χ2v) is 2.61. The third-order valence-electron chi connectivity index (χ3n) is 1.42. The highest BCUT2D eigenvalue weighted by molar-refractivity contribution is 6.30. The van der Waals surface area contributed by atoms with Crippen molar-refractivity contribution in [2.24, 2.45) is 0 Å². The van der Waals surface area contributed by atoms with Gasteiger partial charge in [-0.05, 0) is 12.1 Å². The first-order chi connectivity index (χ1) is 5.66. The minimum absolute atomic E-state index is 0.0851. The molecule has 0 spiro atoms. The van der Waals surface area contributed by atoms with E-state index < -0.39 is 11.6 Å². The molecule has 0 unspecified atom stereocenters. The van der Waals surface area contributed by atoms with Crippen molar-refractivity contribution >= 4 is 11.6 Å². The maximum absolute atomic E-state index is 13.0. The van der Waals surface area contributed by atoms with Gasteiger partial charge < -0.3 is 0 Å². The van der Waals surface area contributed by atoms with Gasteiger partial charge in [0, 0.05) is 12.0 Å². The van der Waals surface area contributed by atoms with Crippen molar-refractivity contribution in [3.8, 4) is 12.3 Å². The molecule has 0 heterocycles. The van der Waals surface area contributed by atoms with Gasteiger partial charge in [0.25, 0.3) is 0 Å². The van der Waals surface area contributed by atoms with Crippen LogP contribution in [-0.2, 0) is 6.42 Å². The Balaban J connectivity index is 3.25. The Labute approximate surface area is 74.2 Å². The summed E-state index contributed by atoms with van der Waals surface area (Å²) in [5, 5.41) is -0.110. The maximum atomic E-state index is 13.0. The number of rotatable bonds is 1.